The number of carbonyl (C=O) groups excluding carboxylic acids is 1. The van der Waals surface area contributed by atoms with Crippen LogP contribution >= 0.6 is 0 Å². The fourth-order valence-electron chi connectivity index (χ4n) is 2.34. The molecule has 4 nitrogen and oxygen atoms in total. The largest absolute Gasteiger partial charge is 0.380 e. The summed E-state index contributed by atoms with van der Waals surface area (Å²) in [6, 6.07) is 0.113. The molecule has 120 valence electrons. The molecule has 2 unspecified atom stereocenters. The van der Waals surface area contributed by atoms with Crippen molar-refractivity contribution >= 4 is 5.91 Å². The van der Waals surface area contributed by atoms with Gasteiger partial charge in [0.15, 0.2) is 0 Å². The van der Waals surface area contributed by atoms with Gasteiger partial charge in [-0.15, -0.1) is 0 Å². The van der Waals surface area contributed by atoms with E-state index in [0.29, 0.717) is 38.0 Å². The van der Waals surface area contributed by atoms with Gasteiger partial charge in [-0.05, 0) is 38.1 Å². The van der Waals surface area contributed by atoms with Crippen molar-refractivity contribution in [3.63, 3.8) is 0 Å². The fraction of sp³-hybridized carbons (Fsp3) is 0.938. The first-order valence-electron chi connectivity index (χ1n) is 8.12. The molecule has 20 heavy (non-hydrogen) atoms. The Morgan fingerprint density at radius 1 is 1.20 bits per heavy atom. The maximum Gasteiger partial charge on any atom is 0.220 e. The van der Waals surface area contributed by atoms with Gasteiger partial charge >= 0.3 is 0 Å². The summed E-state index contributed by atoms with van der Waals surface area (Å²) in [6.07, 6.45) is 4.88. The summed E-state index contributed by atoms with van der Waals surface area (Å²) in [4.78, 5) is 12.0. The van der Waals surface area contributed by atoms with E-state index in [2.05, 4.69) is 26.1 Å². The van der Waals surface area contributed by atoms with Crippen LogP contribution < -0.4 is 11.1 Å². The molecular weight excluding hydrogens is 252 g/mol. The third-order valence-corrected chi connectivity index (χ3v) is 3.70. The minimum absolute atomic E-state index is 0.113. The van der Waals surface area contributed by atoms with Crippen molar-refractivity contribution in [1.82, 2.24) is 5.32 Å². The lowest BCUT2D eigenvalue weighted by atomic mass is 9.94. The highest BCUT2D eigenvalue weighted by Crippen LogP contribution is 2.17. The first kappa shape index (κ1) is 19.4. The average Bonchev–Trinajstić information content (AvgIpc) is 2.41. The van der Waals surface area contributed by atoms with Gasteiger partial charge in [0.25, 0.3) is 0 Å². The maximum absolute atomic E-state index is 12.0. The van der Waals surface area contributed by atoms with Crippen molar-refractivity contribution in [2.75, 3.05) is 19.8 Å². The highest BCUT2D eigenvalue weighted by molar-refractivity contribution is 5.76. The number of ether oxygens (including phenoxy) is 1. The summed E-state index contributed by atoms with van der Waals surface area (Å²) in [6.45, 7) is 10.4. The molecule has 0 aromatic carbocycles. The minimum atomic E-state index is 0.113. The quantitative estimate of drug-likeness (QED) is 0.580. The van der Waals surface area contributed by atoms with Crippen LogP contribution in [0.15, 0.2) is 0 Å². The predicted molar refractivity (Wildman–Crippen MR) is 84.6 cm³/mol. The van der Waals surface area contributed by atoms with Gasteiger partial charge in [-0.25, -0.2) is 0 Å². The molecule has 0 aliphatic carbocycles. The molecule has 0 saturated carbocycles. The molecule has 2 atom stereocenters. The Morgan fingerprint density at radius 3 is 2.40 bits per heavy atom. The molecule has 4 heteroatoms. The van der Waals surface area contributed by atoms with Crippen LogP contribution in [-0.4, -0.2) is 31.7 Å². The Labute approximate surface area is 124 Å². The first-order valence-corrected chi connectivity index (χ1v) is 8.12. The van der Waals surface area contributed by atoms with Crippen molar-refractivity contribution in [2.24, 2.45) is 17.6 Å². The van der Waals surface area contributed by atoms with Crippen molar-refractivity contribution in [3.8, 4) is 0 Å². The number of hydrogen-bond acceptors (Lipinski definition) is 3. The number of hydrogen-bond donors (Lipinski definition) is 2. The molecular formula is C16H34N2O2. The molecule has 0 aliphatic heterocycles. The standard InChI is InChI=1S/C16H34N2O2/c1-5-7-14(10-11-17)8-9-16(19)18-15(13(3)4)12-20-6-2/h13-15H,5-12,17H2,1-4H3,(H,18,19). The molecule has 0 bridgehead atoms. The zero-order valence-corrected chi connectivity index (χ0v) is 13.8. The van der Waals surface area contributed by atoms with E-state index in [-0.39, 0.29) is 11.9 Å². The number of amides is 1. The monoisotopic (exact) mass is 286 g/mol. The van der Waals surface area contributed by atoms with Crippen LogP contribution in [0.3, 0.4) is 0 Å². The van der Waals surface area contributed by atoms with Crippen LogP contribution in [0, 0.1) is 11.8 Å². The Morgan fingerprint density at radius 2 is 1.90 bits per heavy atom. The van der Waals surface area contributed by atoms with Gasteiger partial charge in [0.2, 0.25) is 5.91 Å². The lowest BCUT2D eigenvalue weighted by Gasteiger charge is -2.23. The summed E-state index contributed by atoms with van der Waals surface area (Å²) < 4.78 is 5.43. The summed E-state index contributed by atoms with van der Waals surface area (Å²) in [5, 5.41) is 3.10. The van der Waals surface area contributed by atoms with Gasteiger partial charge in [-0.3, -0.25) is 4.79 Å². The van der Waals surface area contributed by atoms with Crippen LogP contribution in [0.5, 0.6) is 0 Å². The van der Waals surface area contributed by atoms with Crippen LogP contribution in [0.1, 0.15) is 59.8 Å². The molecule has 0 aliphatic rings. The zero-order chi connectivity index (χ0) is 15.4. The van der Waals surface area contributed by atoms with Crippen LogP contribution in [0.2, 0.25) is 0 Å². The molecule has 1 amide bonds. The van der Waals surface area contributed by atoms with Crippen molar-refractivity contribution < 1.29 is 9.53 Å². The molecule has 0 aromatic heterocycles. The number of rotatable bonds is 12. The summed E-state index contributed by atoms with van der Waals surface area (Å²) in [7, 11) is 0. The van der Waals surface area contributed by atoms with Crippen molar-refractivity contribution in [1.29, 1.82) is 0 Å². The summed E-state index contributed by atoms with van der Waals surface area (Å²) in [5.74, 6) is 1.11. The second-order valence-electron chi connectivity index (χ2n) is 5.85. The van der Waals surface area contributed by atoms with Crippen LogP contribution in [0.4, 0.5) is 0 Å². The normalized spacial score (nSPS) is 14.3. The Hall–Kier alpha value is -0.610. The number of carbonyl (C=O) groups is 1. The van der Waals surface area contributed by atoms with Gasteiger partial charge in [0, 0.05) is 13.0 Å². The fourth-order valence-corrected chi connectivity index (χ4v) is 2.34. The molecule has 0 rings (SSSR count). The third kappa shape index (κ3) is 9.32. The van der Waals surface area contributed by atoms with Crippen molar-refractivity contribution in [3.05, 3.63) is 0 Å². The van der Waals surface area contributed by atoms with Crippen LogP contribution in [-0.2, 0) is 9.53 Å². The van der Waals surface area contributed by atoms with E-state index < -0.39 is 0 Å². The molecule has 0 spiro atoms. The van der Waals surface area contributed by atoms with E-state index >= 15 is 0 Å². The molecule has 0 saturated heterocycles. The molecule has 0 fully saturated rings. The van der Waals surface area contributed by atoms with Gasteiger partial charge < -0.3 is 15.8 Å². The minimum Gasteiger partial charge on any atom is -0.380 e. The van der Waals surface area contributed by atoms with Crippen molar-refractivity contribution in [2.45, 2.75) is 65.8 Å². The molecule has 3 N–H and O–H groups in total. The summed E-state index contributed by atoms with van der Waals surface area (Å²) in [5.41, 5.74) is 5.62. The maximum atomic E-state index is 12.0. The first-order chi connectivity index (χ1) is 9.54. The number of nitrogens with two attached hydrogens (primary N) is 1. The van der Waals surface area contributed by atoms with E-state index in [1.165, 1.54) is 0 Å². The van der Waals surface area contributed by atoms with E-state index in [9.17, 15) is 4.79 Å². The highest BCUT2D eigenvalue weighted by Gasteiger charge is 2.17. The zero-order valence-electron chi connectivity index (χ0n) is 13.8. The lowest BCUT2D eigenvalue weighted by Crippen LogP contribution is -2.42. The second kappa shape index (κ2) is 12.2. The van der Waals surface area contributed by atoms with E-state index in [0.717, 1.165) is 25.7 Å². The van der Waals surface area contributed by atoms with E-state index in [4.69, 9.17) is 10.5 Å². The second-order valence-corrected chi connectivity index (χ2v) is 5.85. The lowest BCUT2D eigenvalue weighted by molar-refractivity contribution is -0.123. The summed E-state index contributed by atoms with van der Waals surface area (Å²) >= 11 is 0. The van der Waals surface area contributed by atoms with Gasteiger partial charge in [0.05, 0.1) is 12.6 Å². The topological polar surface area (TPSA) is 64.4 Å². The Kier molecular flexibility index (Phi) is 11.8. The van der Waals surface area contributed by atoms with Gasteiger partial charge in [0.1, 0.15) is 0 Å². The smallest absolute Gasteiger partial charge is 0.220 e. The molecule has 0 aromatic rings. The van der Waals surface area contributed by atoms with Gasteiger partial charge in [-0.1, -0.05) is 33.6 Å². The Bertz CT molecular complexity index is 239. The number of nitrogens with one attached hydrogen (secondary N) is 1. The van der Waals surface area contributed by atoms with E-state index in [1.807, 2.05) is 6.92 Å². The third-order valence-electron chi connectivity index (χ3n) is 3.70. The SMILES string of the molecule is CCCC(CCN)CCC(=O)NC(COCC)C(C)C. The molecule has 0 radical (unpaired) electrons. The van der Waals surface area contributed by atoms with E-state index in [1.54, 1.807) is 0 Å². The van der Waals surface area contributed by atoms with Crippen LogP contribution in [0.25, 0.3) is 0 Å². The predicted octanol–water partition coefficient (Wildman–Crippen LogP) is 2.71. The highest BCUT2D eigenvalue weighted by atomic mass is 16.5. The Balaban J connectivity index is 4.10. The molecule has 0 heterocycles. The van der Waals surface area contributed by atoms with Gasteiger partial charge in [-0.2, -0.15) is 0 Å². The average molecular weight is 286 g/mol.